The summed E-state index contributed by atoms with van der Waals surface area (Å²) in [6.07, 6.45) is 6.30. The average molecular weight is 378 g/mol. The molecule has 2 aromatic rings. The molecule has 1 aliphatic rings. The molecular weight excluding hydrogens is 350 g/mol. The van der Waals surface area contributed by atoms with Crippen molar-refractivity contribution in [3.05, 3.63) is 23.0 Å². The number of aromatic nitrogens is 4. The highest BCUT2D eigenvalue weighted by atomic mass is 32.1. The van der Waals surface area contributed by atoms with Gasteiger partial charge in [0.15, 0.2) is 0 Å². The summed E-state index contributed by atoms with van der Waals surface area (Å²) >= 11 is 1.38. The molecule has 0 unspecified atom stereocenters. The van der Waals surface area contributed by atoms with E-state index >= 15 is 0 Å². The van der Waals surface area contributed by atoms with Crippen molar-refractivity contribution in [2.45, 2.75) is 32.7 Å². The van der Waals surface area contributed by atoms with Gasteiger partial charge in [-0.25, -0.2) is 4.79 Å². The molecule has 1 fully saturated rings. The molecule has 2 atom stereocenters. The third-order valence-electron chi connectivity index (χ3n) is 4.93. The first-order valence-electron chi connectivity index (χ1n) is 9.02. The van der Waals surface area contributed by atoms with Crippen LogP contribution in [-0.2, 0) is 7.05 Å². The van der Waals surface area contributed by atoms with Gasteiger partial charge in [0.2, 0.25) is 5.13 Å². The maximum atomic E-state index is 12.5. The molecule has 3 rings (SSSR count). The van der Waals surface area contributed by atoms with Crippen LogP contribution in [0.4, 0.5) is 9.93 Å². The van der Waals surface area contributed by atoms with E-state index in [2.05, 4.69) is 38.6 Å². The molecule has 3 heterocycles. The lowest BCUT2D eigenvalue weighted by atomic mass is 9.85. The van der Waals surface area contributed by atoms with Crippen LogP contribution >= 0.6 is 11.3 Å². The minimum Gasteiger partial charge on any atom is -0.327 e. The van der Waals surface area contributed by atoms with Gasteiger partial charge in [-0.2, -0.15) is 5.10 Å². The third-order valence-corrected chi connectivity index (χ3v) is 5.68. The summed E-state index contributed by atoms with van der Waals surface area (Å²) in [5.74, 6) is 0.375. The summed E-state index contributed by atoms with van der Waals surface area (Å²) < 4.78 is 1.85. The number of nitrogens with zero attached hydrogens (tertiary/aromatic N) is 6. The van der Waals surface area contributed by atoms with E-state index in [4.69, 9.17) is 0 Å². The SMILES string of the molecule is CCN1CCC[C@@H](CN(C)C(=O)Nc2nnc(C)s2)[C@@H]1c1cnn(C)c1. The molecule has 2 aromatic heterocycles. The molecule has 0 aliphatic carbocycles. The van der Waals surface area contributed by atoms with Gasteiger partial charge in [0.05, 0.1) is 6.20 Å². The zero-order valence-electron chi connectivity index (χ0n) is 15.8. The summed E-state index contributed by atoms with van der Waals surface area (Å²) in [6, 6.07) is 0.154. The highest BCUT2D eigenvalue weighted by Gasteiger charge is 2.34. The van der Waals surface area contributed by atoms with Gasteiger partial charge in [-0.05, 0) is 38.8 Å². The van der Waals surface area contributed by atoms with E-state index in [1.165, 1.54) is 16.9 Å². The standard InChI is InChI=1S/C17H27N7OS/c1-5-24-8-6-7-13(15(24)14-9-18-23(4)11-14)10-22(3)17(25)19-16-21-20-12(2)26-16/h9,11,13,15H,5-8,10H2,1-4H3,(H,19,21,25)/t13-,15+/m0/s1. The first-order valence-corrected chi connectivity index (χ1v) is 9.84. The number of aryl methyl sites for hydroxylation is 2. The first kappa shape index (κ1) is 18.8. The van der Waals surface area contributed by atoms with Gasteiger partial charge >= 0.3 is 6.03 Å². The predicted molar refractivity (Wildman–Crippen MR) is 102 cm³/mol. The lowest BCUT2D eigenvalue weighted by Gasteiger charge is -2.41. The van der Waals surface area contributed by atoms with E-state index in [0.29, 0.717) is 23.6 Å². The molecule has 8 nitrogen and oxygen atoms in total. The van der Waals surface area contributed by atoms with Gasteiger partial charge in [-0.1, -0.05) is 18.3 Å². The van der Waals surface area contributed by atoms with Crippen LogP contribution in [0.15, 0.2) is 12.4 Å². The predicted octanol–water partition coefficient (Wildman–Crippen LogP) is 2.52. The maximum absolute atomic E-state index is 12.5. The van der Waals surface area contributed by atoms with Crippen molar-refractivity contribution in [1.82, 2.24) is 29.8 Å². The van der Waals surface area contributed by atoms with Crippen LogP contribution in [0.1, 0.15) is 36.4 Å². The fourth-order valence-electron chi connectivity index (χ4n) is 3.74. The Hall–Kier alpha value is -2.00. The minimum atomic E-state index is -0.139. The lowest BCUT2D eigenvalue weighted by Crippen LogP contribution is -2.44. The van der Waals surface area contributed by atoms with Crippen LogP contribution in [0.5, 0.6) is 0 Å². The molecule has 0 radical (unpaired) electrons. The fraction of sp³-hybridized carbons (Fsp3) is 0.647. The number of likely N-dealkylation sites (tertiary alicyclic amines) is 1. The maximum Gasteiger partial charge on any atom is 0.323 e. The van der Waals surface area contributed by atoms with Gasteiger partial charge in [0, 0.05) is 38.4 Å². The Morgan fingerprint density at radius 1 is 1.46 bits per heavy atom. The Bertz CT molecular complexity index is 743. The zero-order valence-corrected chi connectivity index (χ0v) is 16.7. The molecule has 0 spiro atoms. The van der Waals surface area contributed by atoms with Gasteiger partial charge in [0.25, 0.3) is 0 Å². The molecule has 1 saturated heterocycles. The van der Waals surface area contributed by atoms with Crippen molar-refractivity contribution in [3.63, 3.8) is 0 Å². The number of nitrogens with one attached hydrogen (secondary N) is 1. The molecule has 0 saturated carbocycles. The second-order valence-corrected chi connectivity index (χ2v) is 8.04. The Labute approximate surface area is 158 Å². The molecule has 2 amide bonds. The van der Waals surface area contributed by atoms with Crippen LogP contribution < -0.4 is 5.32 Å². The lowest BCUT2D eigenvalue weighted by molar-refractivity contribution is 0.0828. The Morgan fingerprint density at radius 3 is 2.88 bits per heavy atom. The quantitative estimate of drug-likeness (QED) is 0.866. The fourth-order valence-corrected chi connectivity index (χ4v) is 4.32. The van der Waals surface area contributed by atoms with Crippen molar-refractivity contribution in [1.29, 1.82) is 0 Å². The van der Waals surface area contributed by atoms with Crippen LogP contribution in [0, 0.1) is 12.8 Å². The molecule has 9 heteroatoms. The van der Waals surface area contributed by atoms with Gasteiger partial charge in [-0.15, -0.1) is 10.2 Å². The first-order chi connectivity index (χ1) is 12.5. The number of hydrogen-bond acceptors (Lipinski definition) is 6. The van der Waals surface area contributed by atoms with Gasteiger partial charge in [0.1, 0.15) is 5.01 Å². The normalized spacial score (nSPS) is 20.9. The number of piperidine rings is 1. The summed E-state index contributed by atoms with van der Waals surface area (Å²) in [5.41, 5.74) is 1.23. The second kappa shape index (κ2) is 8.13. The highest BCUT2D eigenvalue weighted by molar-refractivity contribution is 7.15. The molecule has 0 aromatic carbocycles. The van der Waals surface area contributed by atoms with E-state index in [-0.39, 0.29) is 6.03 Å². The van der Waals surface area contributed by atoms with Crippen molar-refractivity contribution in [2.75, 3.05) is 32.0 Å². The smallest absolute Gasteiger partial charge is 0.323 e. The Kier molecular flexibility index (Phi) is 5.87. The summed E-state index contributed by atoms with van der Waals surface area (Å²) in [4.78, 5) is 16.8. The topological polar surface area (TPSA) is 79.2 Å². The molecule has 142 valence electrons. The van der Waals surface area contributed by atoms with Crippen LogP contribution in [-0.4, -0.2) is 62.5 Å². The van der Waals surface area contributed by atoms with Gasteiger partial charge < -0.3 is 4.90 Å². The number of hydrogen-bond donors (Lipinski definition) is 1. The van der Waals surface area contributed by atoms with E-state index in [0.717, 1.165) is 30.9 Å². The Balaban J connectivity index is 1.69. The number of carbonyl (C=O) groups excluding carboxylic acids is 1. The average Bonchev–Trinajstić information content (AvgIpc) is 3.22. The summed E-state index contributed by atoms with van der Waals surface area (Å²) in [6.45, 7) is 6.85. The summed E-state index contributed by atoms with van der Waals surface area (Å²) in [5, 5.41) is 16.5. The number of amides is 2. The summed E-state index contributed by atoms with van der Waals surface area (Å²) in [7, 11) is 3.79. The minimum absolute atomic E-state index is 0.139. The third kappa shape index (κ3) is 4.21. The monoisotopic (exact) mass is 377 g/mol. The second-order valence-electron chi connectivity index (χ2n) is 6.86. The molecule has 1 aliphatic heterocycles. The number of carbonyl (C=O) groups is 1. The number of urea groups is 1. The van der Waals surface area contributed by atoms with Crippen molar-refractivity contribution in [3.8, 4) is 0 Å². The molecule has 26 heavy (non-hydrogen) atoms. The zero-order chi connectivity index (χ0) is 18.7. The van der Waals surface area contributed by atoms with Gasteiger partial charge in [-0.3, -0.25) is 14.9 Å². The van der Waals surface area contributed by atoms with E-state index < -0.39 is 0 Å². The van der Waals surface area contributed by atoms with Crippen molar-refractivity contribution < 1.29 is 4.79 Å². The van der Waals surface area contributed by atoms with Crippen molar-refractivity contribution >= 4 is 22.5 Å². The van der Waals surface area contributed by atoms with Crippen LogP contribution in [0.3, 0.4) is 0 Å². The molecule has 1 N–H and O–H groups in total. The van der Waals surface area contributed by atoms with Crippen LogP contribution in [0.2, 0.25) is 0 Å². The van der Waals surface area contributed by atoms with Crippen molar-refractivity contribution in [2.24, 2.45) is 13.0 Å². The van der Waals surface area contributed by atoms with E-state index in [1.807, 2.05) is 31.9 Å². The number of rotatable bonds is 5. The number of anilines is 1. The highest BCUT2D eigenvalue weighted by Crippen LogP contribution is 2.36. The Morgan fingerprint density at radius 2 is 2.27 bits per heavy atom. The van der Waals surface area contributed by atoms with E-state index in [9.17, 15) is 4.79 Å². The largest absolute Gasteiger partial charge is 0.327 e. The van der Waals surface area contributed by atoms with Crippen LogP contribution in [0.25, 0.3) is 0 Å². The molecular formula is C17H27N7OS. The molecule has 0 bridgehead atoms. The van der Waals surface area contributed by atoms with E-state index in [1.54, 1.807) is 4.90 Å².